The van der Waals surface area contributed by atoms with Gasteiger partial charge in [-0.2, -0.15) is 0 Å². The highest BCUT2D eigenvalue weighted by atomic mass is 14.9. The normalized spacial score (nSPS) is 22.2. The molecule has 1 aliphatic carbocycles. The highest BCUT2D eigenvalue weighted by molar-refractivity contribution is 5.63. The molecule has 1 heterocycles. The third kappa shape index (κ3) is 2.50. The molecule has 2 aromatic carbocycles. The summed E-state index contributed by atoms with van der Waals surface area (Å²) in [4.78, 5) is 0. The van der Waals surface area contributed by atoms with Crippen molar-refractivity contribution in [2.45, 2.75) is 12.5 Å². The molecule has 0 saturated heterocycles. The van der Waals surface area contributed by atoms with Crippen LogP contribution in [0.1, 0.15) is 6.42 Å². The standard InChI is InChI=1S/C21H19N/c1-2-6-16(7-3-1)19-13-11-17-10-12-18-8-4-5-9-21(18)22-15-20(17)14-19/h1-11,13-15,18,21-22H,12H2. The predicted octanol–water partition coefficient (Wildman–Crippen LogP) is 2.98. The van der Waals surface area contributed by atoms with E-state index in [4.69, 9.17) is 0 Å². The van der Waals surface area contributed by atoms with Crippen molar-refractivity contribution in [1.29, 1.82) is 0 Å². The lowest BCUT2D eigenvalue weighted by molar-refractivity contribution is 0.541. The van der Waals surface area contributed by atoms with Crippen LogP contribution in [0.5, 0.6) is 0 Å². The smallest absolute Gasteiger partial charge is 0.0507 e. The topological polar surface area (TPSA) is 12.0 Å². The summed E-state index contributed by atoms with van der Waals surface area (Å²) in [6.45, 7) is 0. The molecule has 1 heteroatoms. The molecule has 1 N–H and O–H groups in total. The maximum absolute atomic E-state index is 3.58. The minimum absolute atomic E-state index is 0.398. The third-order valence-electron chi connectivity index (χ3n) is 4.48. The average molecular weight is 285 g/mol. The number of allylic oxidation sites excluding steroid dienone is 2. The number of hydrogen-bond acceptors (Lipinski definition) is 1. The van der Waals surface area contributed by atoms with Gasteiger partial charge in [-0.15, -0.1) is 0 Å². The van der Waals surface area contributed by atoms with Crippen LogP contribution in [0.2, 0.25) is 0 Å². The lowest BCUT2D eigenvalue weighted by atomic mass is 9.90. The van der Waals surface area contributed by atoms with Crippen molar-refractivity contribution < 1.29 is 0 Å². The second-order valence-electron chi connectivity index (χ2n) is 5.92. The van der Waals surface area contributed by atoms with Crippen LogP contribution in [0.25, 0.3) is 23.4 Å². The lowest BCUT2D eigenvalue weighted by Crippen LogP contribution is -2.37. The van der Waals surface area contributed by atoms with Gasteiger partial charge in [0.15, 0.2) is 0 Å². The summed E-state index contributed by atoms with van der Waals surface area (Å²) in [5, 5.41) is 6.16. The van der Waals surface area contributed by atoms with E-state index in [1.165, 1.54) is 21.6 Å². The molecule has 1 aliphatic heterocycles. The second-order valence-corrected chi connectivity index (χ2v) is 5.92. The zero-order valence-corrected chi connectivity index (χ0v) is 12.4. The predicted molar refractivity (Wildman–Crippen MR) is 93.4 cm³/mol. The van der Waals surface area contributed by atoms with Crippen molar-refractivity contribution in [2.75, 3.05) is 0 Å². The van der Waals surface area contributed by atoms with Crippen LogP contribution in [0.3, 0.4) is 0 Å². The molecule has 22 heavy (non-hydrogen) atoms. The number of benzene rings is 2. The van der Waals surface area contributed by atoms with Gasteiger partial charge in [0.1, 0.15) is 0 Å². The summed E-state index contributed by atoms with van der Waals surface area (Å²) >= 11 is 0. The minimum Gasteiger partial charge on any atom is -0.384 e. The van der Waals surface area contributed by atoms with Gasteiger partial charge in [-0.25, -0.2) is 0 Å². The summed E-state index contributed by atoms with van der Waals surface area (Å²) < 4.78 is 0. The van der Waals surface area contributed by atoms with Gasteiger partial charge in [0, 0.05) is 12.1 Å². The molecule has 0 amide bonds. The maximum atomic E-state index is 3.58. The molecule has 0 bridgehead atoms. The van der Waals surface area contributed by atoms with Crippen LogP contribution < -0.4 is 15.8 Å². The molecule has 108 valence electrons. The number of rotatable bonds is 1. The van der Waals surface area contributed by atoms with Crippen LogP contribution in [-0.2, 0) is 0 Å². The monoisotopic (exact) mass is 285 g/mol. The largest absolute Gasteiger partial charge is 0.384 e. The molecule has 0 radical (unpaired) electrons. The Morgan fingerprint density at radius 2 is 1.68 bits per heavy atom. The molecule has 2 atom stereocenters. The van der Waals surface area contributed by atoms with Gasteiger partial charge in [-0.1, -0.05) is 72.8 Å². The van der Waals surface area contributed by atoms with Gasteiger partial charge in [-0.05, 0) is 34.1 Å². The van der Waals surface area contributed by atoms with Gasteiger partial charge in [-0.3, -0.25) is 0 Å². The van der Waals surface area contributed by atoms with Crippen LogP contribution in [-0.4, -0.2) is 6.04 Å². The summed E-state index contributed by atoms with van der Waals surface area (Å²) in [6, 6.07) is 17.7. The Hall–Kier alpha value is -2.54. The van der Waals surface area contributed by atoms with Crippen molar-refractivity contribution in [3.8, 4) is 11.1 Å². The van der Waals surface area contributed by atoms with Crippen molar-refractivity contribution in [3.63, 3.8) is 0 Å². The first kappa shape index (κ1) is 13.1. The third-order valence-corrected chi connectivity index (χ3v) is 4.48. The molecular formula is C21H19N. The van der Waals surface area contributed by atoms with Crippen LogP contribution in [0.4, 0.5) is 0 Å². The van der Waals surface area contributed by atoms with E-state index in [1.807, 2.05) is 0 Å². The van der Waals surface area contributed by atoms with Crippen molar-refractivity contribution in [3.05, 3.63) is 83.3 Å². The molecule has 2 unspecified atom stereocenters. The van der Waals surface area contributed by atoms with E-state index in [0.717, 1.165) is 6.42 Å². The van der Waals surface area contributed by atoms with E-state index in [9.17, 15) is 0 Å². The fraction of sp³-hybridized carbons (Fsp3) is 0.143. The molecular weight excluding hydrogens is 266 g/mol. The van der Waals surface area contributed by atoms with Gasteiger partial charge in [0.2, 0.25) is 0 Å². The first-order chi connectivity index (χ1) is 10.9. The molecule has 2 aromatic rings. The van der Waals surface area contributed by atoms with E-state index < -0.39 is 0 Å². The van der Waals surface area contributed by atoms with E-state index in [0.29, 0.717) is 12.0 Å². The average Bonchev–Trinajstić information content (AvgIpc) is 2.58. The maximum Gasteiger partial charge on any atom is 0.0507 e. The van der Waals surface area contributed by atoms with Crippen molar-refractivity contribution in [2.24, 2.45) is 5.92 Å². The van der Waals surface area contributed by atoms with Gasteiger partial charge >= 0.3 is 0 Å². The first-order valence-corrected chi connectivity index (χ1v) is 7.87. The van der Waals surface area contributed by atoms with Gasteiger partial charge in [0.05, 0.1) is 6.04 Å². The number of fused-ring (bicyclic) bond motifs is 2. The Kier molecular flexibility index (Phi) is 3.40. The number of hydrogen-bond donors (Lipinski definition) is 1. The summed E-state index contributed by atoms with van der Waals surface area (Å²) in [5.41, 5.74) is 2.53. The van der Waals surface area contributed by atoms with Gasteiger partial charge in [0.25, 0.3) is 0 Å². The zero-order valence-electron chi connectivity index (χ0n) is 12.4. The Labute approximate surface area is 131 Å². The van der Waals surface area contributed by atoms with Crippen LogP contribution in [0.15, 0.2) is 72.8 Å². The van der Waals surface area contributed by atoms with Gasteiger partial charge < -0.3 is 5.32 Å². The minimum atomic E-state index is 0.398. The second kappa shape index (κ2) is 5.69. The van der Waals surface area contributed by atoms with Crippen molar-refractivity contribution in [1.82, 2.24) is 5.32 Å². The molecule has 0 aromatic heterocycles. The summed E-state index contributed by atoms with van der Waals surface area (Å²) in [5.74, 6) is 0.545. The Balaban J connectivity index is 1.78. The molecule has 0 spiro atoms. The fourth-order valence-electron chi connectivity index (χ4n) is 3.20. The number of nitrogens with one attached hydrogen (secondary N) is 1. The lowest BCUT2D eigenvalue weighted by Gasteiger charge is -2.24. The van der Waals surface area contributed by atoms with Crippen LogP contribution in [0, 0.1) is 5.92 Å². The Morgan fingerprint density at radius 1 is 0.818 bits per heavy atom. The highest BCUT2D eigenvalue weighted by Crippen LogP contribution is 2.19. The van der Waals surface area contributed by atoms with Crippen molar-refractivity contribution >= 4 is 12.3 Å². The molecule has 1 nitrogen and oxygen atoms in total. The first-order valence-electron chi connectivity index (χ1n) is 7.87. The van der Waals surface area contributed by atoms with Crippen LogP contribution >= 0.6 is 0 Å². The summed E-state index contributed by atoms with van der Waals surface area (Å²) in [7, 11) is 0. The SMILES string of the molecule is C1=CC2CC=c3ccc(-c4ccccc4)cc3=CNC2C=C1. The Bertz CT molecular complexity index is 843. The zero-order chi connectivity index (χ0) is 14.8. The molecule has 4 rings (SSSR count). The van der Waals surface area contributed by atoms with E-state index in [-0.39, 0.29) is 0 Å². The van der Waals surface area contributed by atoms with E-state index in [2.05, 4.69) is 90.4 Å². The fourth-order valence-corrected chi connectivity index (χ4v) is 3.20. The summed E-state index contributed by atoms with van der Waals surface area (Å²) in [6.07, 6.45) is 14.4. The molecule has 0 saturated carbocycles. The van der Waals surface area contributed by atoms with E-state index >= 15 is 0 Å². The highest BCUT2D eigenvalue weighted by Gasteiger charge is 2.16. The van der Waals surface area contributed by atoms with E-state index in [1.54, 1.807) is 0 Å². The Morgan fingerprint density at radius 3 is 2.59 bits per heavy atom. The quantitative estimate of drug-likeness (QED) is 0.849. The molecule has 2 aliphatic rings. The molecule has 0 fully saturated rings.